The minimum absolute atomic E-state index is 0.379. The van der Waals surface area contributed by atoms with Crippen LogP contribution in [-0.2, 0) is 6.42 Å². The van der Waals surface area contributed by atoms with Crippen molar-refractivity contribution >= 4 is 10.8 Å². The highest BCUT2D eigenvalue weighted by atomic mass is 16.5. The summed E-state index contributed by atoms with van der Waals surface area (Å²) < 4.78 is 5.54. The molecule has 92 valence electrons. The first-order valence-corrected chi connectivity index (χ1v) is 6.03. The molecule has 0 fully saturated rings. The fourth-order valence-electron chi connectivity index (χ4n) is 2.18. The summed E-state index contributed by atoms with van der Waals surface area (Å²) in [5.41, 5.74) is 0.707. The third-order valence-corrected chi connectivity index (χ3v) is 3.10. The molecular weight excluding hydrogens is 222 g/mol. The van der Waals surface area contributed by atoms with E-state index in [2.05, 4.69) is 30.3 Å². The molecule has 0 spiro atoms. The lowest BCUT2D eigenvalue weighted by atomic mass is 9.86. The molecule has 18 heavy (non-hydrogen) atoms. The van der Waals surface area contributed by atoms with E-state index < -0.39 is 0 Å². The Kier molecular flexibility index (Phi) is 3.25. The molecule has 2 heteroatoms. The van der Waals surface area contributed by atoms with Gasteiger partial charge in [0.15, 0.2) is 0 Å². The predicted molar refractivity (Wildman–Crippen MR) is 73.6 cm³/mol. The van der Waals surface area contributed by atoms with E-state index in [0.717, 1.165) is 22.1 Å². The normalized spacial score (nSPS) is 11.2. The smallest absolute Gasteiger partial charge is 0.129 e. The third-order valence-electron chi connectivity index (χ3n) is 3.10. The van der Waals surface area contributed by atoms with Crippen molar-refractivity contribution in [2.75, 3.05) is 7.11 Å². The van der Waals surface area contributed by atoms with Gasteiger partial charge in [-0.1, -0.05) is 36.4 Å². The number of methoxy groups -OCH3 is 1. The van der Waals surface area contributed by atoms with E-state index in [0.29, 0.717) is 6.42 Å². The van der Waals surface area contributed by atoms with E-state index in [-0.39, 0.29) is 5.41 Å². The fourth-order valence-corrected chi connectivity index (χ4v) is 2.18. The first-order chi connectivity index (χ1) is 8.57. The van der Waals surface area contributed by atoms with E-state index >= 15 is 0 Å². The Morgan fingerprint density at radius 1 is 1.17 bits per heavy atom. The number of ether oxygens (including phenoxy) is 1. The zero-order valence-electron chi connectivity index (χ0n) is 11.0. The van der Waals surface area contributed by atoms with E-state index in [1.165, 1.54) is 0 Å². The molecule has 0 unspecified atom stereocenters. The van der Waals surface area contributed by atoms with Crippen molar-refractivity contribution in [2.45, 2.75) is 20.3 Å². The van der Waals surface area contributed by atoms with Gasteiger partial charge in [0, 0.05) is 5.39 Å². The van der Waals surface area contributed by atoms with Crippen molar-refractivity contribution in [3.8, 4) is 11.8 Å². The Morgan fingerprint density at radius 3 is 2.56 bits per heavy atom. The molecule has 0 atom stereocenters. The molecule has 0 heterocycles. The standard InChI is InChI=1S/C16H17NO/c1-16(2,11-17)10-13-9-8-12-6-4-5-7-14(12)15(13)18-3/h4-9H,10H2,1-3H3. The van der Waals surface area contributed by atoms with Gasteiger partial charge in [-0.3, -0.25) is 0 Å². The molecule has 2 rings (SSSR count). The van der Waals surface area contributed by atoms with E-state index in [1.54, 1.807) is 7.11 Å². The molecule has 0 saturated heterocycles. The highest BCUT2D eigenvalue weighted by Gasteiger charge is 2.20. The van der Waals surface area contributed by atoms with E-state index in [1.807, 2.05) is 26.0 Å². The van der Waals surface area contributed by atoms with Gasteiger partial charge in [0.25, 0.3) is 0 Å². The first kappa shape index (κ1) is 12.4. The Hall–Kier alpha value is -2.01. The van der Waals surface area contributed by atoms with Crippen LogP contribution >= 0.6 is 0 Å². The lowest BCUT2D eigenvalue weighted by molar-refractivity contribution is 0.404. The molecule has 0 radical (unpaired) electrons. The SMILES string of the molecule is COc1c(CC(C)(C)C#N)ccc2ccccc12. The van der Waals surface area contributed by atoms with Crippen molar-refractivity contribution in [1.29, 1.82) is 5.26 Å². The largest absolute Gasteiger partial charge is 0.496 e. The molecule has 0 aliphatic carbocycles. The predicted octanol–water partition coefficient (Wildman–Crippen LogP) is 3.94. The van der Waals surface area contributed by atoms with Crippen LogP contribution in [0.15, 0.2) is 36.4 Å². The highest BCUT2D eigenvalue weighted by molar-refractivity contribution is 5.89. The number of nitrogens with zero attached hydrogens (tertiary/aromatic N) is 1. The average Bonchev–Trinajstić information content (AvgIpc) is 2.38. The summed E-state index contributed by atoms with van der Waals surface area (Å²) >= 11 is 0. The lowest BCUT2D eigenvalue weighted by Crippen LogP contribution is -2.12. The Balaban J connectivity index is 2.56. The summed E-state index contributed by atoms with van der Waals surface area (Å²) in [4.78, 5) is 0. The number of rotatable bonds is 3. The number of nitriles is 1. The lowest BCUT2D eigenvalue weighted by Gasteiger charge is -2.18. The molecule has 2 nitrogen and oxygen atoms in total. The maximum atomic E-state index is 9.14. The zero-order valence-corrected chi connectivity index (χ0v) is 11.0. The van der Waals surface area contributed by atoms with Crippen molar-refractivity contribution < 1.29 is 4.74 Å². The van der Waals surface area contributed by atoms with Crippen LogP contribution in [0.25, 0.3) is 10.8 Å². The molecule has 0 saturated carbocycles. The van der Waals surface area contributed by atoms with Crippen molar-refractivity contribution in [2.24, 2.45) is 5.41 Å². The first-order valence-electron chi connectivity index (χ1n) is 6.03. The molecule has 0 aliphatic rings. The summed E-state index contributed by atoms with van der Waals surface area (Å²) in [5.74, 6) is 0.886. The molecule has 0 bridgehead atoms. The van der Waals surface area contributed by atoms with Gasteiger partial charge in [0.05, 0.1) is 18.6 Å². The van der Waals surface area contributed by atoms with Gasteiger partial charge in [-0.25, -0.2) is 0 Å². The van der Waals surface area contributed by atoms with Gasteiger partial charge in [-0.2, -0.15) is 5.26 Å². The van der Waals surface area contributed by atoms with Crippen LogP contribution in [0, 0.1) is 16.7 Å². The average molecular weight is 239 g/mol. The zero-order chi connectivity index (χ0) is 13.2. The number of hydrogen-bond acceptors (Lipinski definition) is 2. The maximum absolute atomic E-state index is 9.14. The van der Waals surface area contributed by atoms with E-state index in [4.69, 9.17) is 10.00 Å². The van der Waals surface area contributed by atoms with Gasteiger partial charge < -0.3 is 4.74 Å². The van der Waals surface area contributed by atoms with Crippen LogP contribution in [0.4, 0.5) is 0 Å². The van der Waals surface area contributed by atoms with Crippen LogP contribution in [0.5, 0.6) is 5.75 Å². The van der Waals surface area contributed by atoms with Crippen molar-refractivity contribution in [3.05, 3.63) is 42.0 Å². The Morgan fingerprint density at radius 2 is 1.89 bits per heavy atom. The highest BCUT2D eigenvalue weighted by Crippen LogP contribution is 2.33. The molecule has 2 aromatic rings. The molecule has 0 N–H and O–H groups in total. The fraction of sp³-hybridized carbons (Fsp3) is 0.312. The number of hydrogen-bond donors (Lipinski definition) is 0. The van der Waals surface area contributed by atoms with Crippen LogP contribution in [0.1, 0.15) is 19.4 Å². The second-order valence-electron chi connectivity index (χ2n) is 5.15. The van der Waals surface area contributed by atoms with Crippen LogP contribution in [0.2, 0.25) is 0 Å². The van der Waals surface area contributed by atoms with Gasteiger partial charge in [0.2, 0.25) is 0 Å². The molecule has 2 aromatic carbocycles. The van der Waals surface area contributed by atoms with Crippen molar-refractivity contribution in [3.63, 3.8) is 0 Å². The Bertz CT molecular complexity index is 608. The monoisotopic (exact) mass is 239 g/mol. The van der Waals surface area contributed by atoms with E-state index in [9.17, 15) is 0 Å². The van der Waals surface area contributed by atoms with Crippen LogP contribution in [0.3, 0.4) is 0 Å². The second kappa shape index (κ2) is 4.70. The molecule has 0 aliphatic heterocycles. The quantitative estimate of drug-likeness (QED) is 0.812. The topological polar surface area (TPSA) is 33.0 Å². The minimum atomic E-state index is -0.379. The van der Waals surface area contributed by atoms with Gasteiger partial charge in [0.1, 0.15) is 5.75 Å². The molecule has 0 amide bonds. The Labute approximate surface area is 108 Å². The second-order valence-corrected chi connectivity index (χ2v) is 5.15. The summed E-state index contributed by atoms with van der Waals surface area (Å²) in [5, 5.41) is 11.4. The third kappa shape index (κ3) is 2.31. The summed E-state index contributed by atoms with van der Waals surface area (Å²) in [6.07, 6.45) is 0.692. The van der Waals surface area contributed by atoms with Crippen LogP contribution in [-0.4, -0.2) is 7.11 Å². The van der Waals surface area contributed by atoms with Gasteiger partial charge >= 0.3 is 0 Å². The summed E-state index contributed by atoms with van der Waals surface area (Å²) in [6, 6.07) is 14.6. The summed E-state index contributed by atoms with van der Waals surface area (Å²) in [6.45, 7) is 3.89. The maximum Gasteiger partial charge on any atom is 0.129 e. The molecule has 0 aromatic heterocycles. The van der Waals surface area contributed by atoms with Crippen molar-refractivity contribution in [1.82, 2.24) is 0 Å². The number of fused-ring (bicyclic) bond motifs is 1. The van der Waals surface area contributed by atoms with Gasteiger partial charge in [-0.15, -0.1) is 0 Å². The molecular formula is C16H17NO. The van der Waals surface area contributed by atoms with Crippen LogP contribution < -0.4 is 4.74 Å². The van der Waals surface area contributed by atoms with Gasteiger partial charge in [-0.05, 0) is 31.2 Å². The minimum Gasteiger partial charge on any atom is -0.496 e. The number of benzene rings is 2. The summed E-state index contributed by atoms with van der Waals surface area (Å²) in [7, 11) is 1.69.